The van der Waals surface area contributed by atoms with Crippen molar-refractivity contribution in [2.75, 3.05) is 20.3 Å². The molecule has 1 heterocycles. The fourth-order valence-corrected chi connectivity index (χ4v) is 2.34. The van der Waals surface area contributed by atoms with Crippen molar-refractivity contribution in [3.63, 3.8) is 0 Å². The molecule has 100 valence electrons. The zero-order valence-electron chi connectivity index (χ0n) is 10.4. The minimum absolute atomic E-state index is 0.0735. The molecule has 0 aliphatic heterocycles. The first-order valence-corrected chi connectivity index (χ1v) is 6.55. The van der Waals surface area contributed by atoms with Gasteiger partial charge in [0.1, 0.15) is 15.6 Å². The first kappa shape index (κ1) is 13.5. The lowest BCUT2D eigenvalue weighted by atomic mass is 10.2. The van der Waals surface area contributed by atoms with Gasteiger partial charge in [0.05, 0.1) is 19.9 Å². The largest absolute Gasteiger partial charge is 0.497 e. The Morgan fingerprint density at radius 1 is 1.42 bits per heavy atom. The molecular weight excluding hydrogens is 264 g/mol. The van der Waals surface area contributed by atoms with E-state index in [0.717, 1.165) is 16.3 Å². The molecular formula is C13H14N2O3S. The van der Waals surface area contributed by atoms with E-state index in [-0.39, 0.29) is 19.1 Å². The van der Waals surface area contributed by atoms with Crippen LogP contribution in [-0.2, 0) is 0 Å². The van der Waals surface area contributed by atoms with Crippen LogP contribution in [0.25, 0.3) is 10.6 Å². The van der Waals surface area contributed by atoms with E-state index in [2.05, 4.69) is 10.3 Å². The molecule has 0 saturated heterocycles. The summed E-state index contributed by atoms with van der Waals surface area (Å²) >= 11 is 1.31. The van der Waals surface area contributed by atoms with Gasteiger partial charge < -0.3 is 15.2 Å². The number of aliphatic hydroxyl groups excluding tert-OH is 1. The van der Waals surface area contributed by atoms with Gasteiger partial charge in [0, 0.05) is 12.1 Å². The Morgan fingerprint density at radius 2 is 2.16 bits per heavy atom. The van der Waals surface area contributed by atoms with Crippen molar-refractivity contribution < 1.29 is 14.6 Å². The number of ether oxygens (including phenoxy) is 1. The van der Waals surface area contributed by atoms with Crippen LogP contribution in [0.4, 0.5) is 0 Å². The van der Waals surface area contributed by atoms with E-state index >= 15 is 0 Å². The van der Waals surface area contributed by atoms with Gasteiger partial charge in [0.15, 0.2) is 0 Å². The van der Waals surface area contributed by atoms with Crippen LogP contribution in [0.3, 0.4) is 0 Å². The molecule has 1 aromatic carbocycles. The Bertz CT molecular complexity index is 551. The number of thiazole rings is 1. The number of rotatable bonds is 5. The van der Waals surface area contributed by atoms with Crippen molar-refractivity contribution >= 4 is 17.2 Å². The molecule has 0 unspecified atom stereocenters. The maximum Gasteiger partial charge on any atom is 0.263 e. The molecule has 0 bridgehead atoms. The molecule has 0 radical (unpaired) electrons. The van der Waals surface area contributed by atoms with E-state index in [1.54, 1.807) is 7.11 Å². The fraction of sp³-hybridized carbons (Fsp3) is 0.231. The highest BCUT2D eigenvalue weighted by Crippen LogP contribution is 2.26. The Hall–Kier alpha value is -1.92. The average molecular weight is 278 g/mol. The number of aliphatic hydroxyl groups is 1. The Labute approximate surface area is 114 Å². The maximum atomic E-state index is 11.7. The molecule has 0 aliphatic carbocycles. The van der Waals surface area contributed by atoms with E-state index in [4.69, 9.17) is 9.84 Å². The summed E-state index contributed by atoms with van der Waals surface area (Å²) in [5.74, 6) is 0.563. The van der Waals surface area contributed by atoms with Gasteiger partial charge in [-0.05, 0) is 24.3 Å². The zero-order valence-corrected chi connectivity index (χ0v) is 11.2. The summed E-state index contributed by atoms with van der Waals surface area (Å²) < 4.78 is 5.09. The molecule has 0 aliphatic rings. The quantitative estimate of drug-likeness (QED) is 0.870. The number of amides is 1. The zero-order chi connectivity index (χ0) is 13.7. The molecule has 1 amide bonds. The predicted octanol–water partition coefficient (Wildman–Crippen LogP) is 1.54. The van der Waals surface area contributed by atoms with E-state index in [0.29, 0.717) is 4.88 Å². The Balaban J connectivity index is 2.13. The minimum atomic E-state index is -0.216. The summed E-state index contributed by atoms with van der Waals surface area (Å²) in [6.45, 7) is 0.171. The van der Waals surface area contributed by atoms with Crippen LogP contribution < -0.4 is 10.1 Å². The molecule has 2 rings (SSSR count). The molecule has 6 heteroatoms. The van der Waals surface area contributed by atoms with E-state index in [1.807, 2.05) is 24.3 Å². The molecule has 5 nitrogen and oxygen atoms in total. The second-order valence-corrected chi connectivity index (χ2v) is 4.77. The molecule has 0 saturated carbocycles. The standard InChI is InChI=1S/C13H14N2O3S/c1-18-10-4-2-9(3-5-10)13-15-8-11(19-13)12(17)14-6-7-16/h2-5,8,16H,6-7H2,1H3,(H,14,17). The molecule has 1 aromatic heterocycles. The lowest BCUT2D eigenvalue weighted by Crippen LogP contribution is -2.25. The molecule has 2 N–H and O–H groups in total. The average Bonchev–Trinajstić information content (AvgIpc) is 2.94. The number of hydrogen-bond donors (Lipinski definition) is 2. The number of carbonyl (C=O) groups excluding carboxylic acids is 1. The Morgan fingerprint density at radius 3 is 2.79 bits per heavy atom. The summed E-state index contributed by atoms with van der Waals surface area (Å²) in [5, 5.41) is 12.0. The summed E-state index contributed by atoms with van der Waals surface area (Å²) in [7, 11) is 1.61. The lowest BCUT2D eigenvalue weighted by Gasteiger charge is -2.00. The third-order valence-electron chi connectivity index (χ3n) is 2.46. The second-order valence-electron chi connectivity index (χ2n) is 3.74. The van der Waals surface area contributed by atoms with Gasteiger partial charge in [-0.3, -0.25) is 4.79 Å². The SMILES string of the molecule is COc1ccc(-c2ncc(C(=O)NCCO)s2)cc1. The van der Waals surface area contributed by atoms with Gasteiger partial charge in [-0.15, -0.1) is 11.3 Å². The third kappa shape index (κ3) is 3.30. The van der Waals surface area contributed by atoms with E-state index in [1.165, 1.54) is 17.5 Å². The highest BCUT2D eigenvalue weighted by atomic mass is 32.1. The van der Waals surface area contributed by atoms with Gasteiger partial charge in [0.2, 0.25) is 0 Å². The number of carbonyl (C=O) groups is 1. The maximum absolute atomic E-state index is 11.7. The van der Waals surface area contributed by atoms with Crippen molar-refractivity contribution in [1.29, 1.82) is 0 Å². The molecule has 0 atom stereocenters. The topological polar surface area (TPSA) is 71.5 Å². The number of benzene rings is 1. The van der Waals surface area contributed by atoms with Crippen molar-refractivity contribution in [1.82, 2.24) is 10.3 Å². The monoisotopic (exact) mass is 278 g/mol. The van der Waals surface area contributed by atoms with Gasteiger partial charge >= 0.3 is 0 Å². The van der Waals surface area contributed by atoms with Crippen molar-refractivity contribution in [2.24, 2.45) is 0 Å². The number of nitrogens with one attached hydrogen (secondary N) is 1. The predicted molar refractivity (Wildman–Crippen MR) is 73.5 cm³/mol. The first-order valence-electron chi connectivity index (χ1n) is 5.74. The fourth-order valence-electron chi connectivity index (χ4n) is 1.50. The highest BCUT2D eigenvalue weighted by molar-refractivity contribution is 7.16. The van der Waals surface area contributed by atoms with E-state index in [9.17, 15) is 4.79 Å². The number of aromatic nitrogens is 1. The van der Waals surface area contributed by atoms with Gasteiger partial charge in [-0.25, -0.2) is 4.98 Å². The van der Waals surface area contributed by atoms with E-state index < -0.39 is 0 Å². The summed E-state index contributed by atoms with van der Waals surface area (Å²) in [6.07, 6.45) is 1.54. The van der Waals surface area contributed by atoms with Crippen LogP contribution in [0.1, 0.15) is 9.67 Å². The number of methoxy groups -OCH3 is 1. The normalized spacial score (nSPS) is 10.2. The van der Waals surface area contributed by atoms with Crippen molar-refractivity contribution in [3.8, 4) is 16.3 Å². The van der Waals surface area contributed by atoms with Crippen LogP contribution in [0.2, 0.25) is 0 Å². The van der Waals surface area contributed by atoms with Crippen LogP contribution in [0.5, 0.6) is 5.75 Å². The highest BCUT2D eigenvalue weighted by Gasteiger charge is 2.11. The lowest BCUT2D eigenvalue weighted by molar-refractivity contribution is 0.0948. The van der Waals surface area contributed by atoms with Crippen molar-refractivity contribution in [2.45, 2.75) is 0 Å². The van der Waals surface area contributed by atoms with Gasteiger partial charge in [-0.1, -0.05) is 0 Å². The molecule has 2 aromatic rings. The molecule has 0 fully saturated rings. The first-order chi connectivity index (χ1) is 9.24. The van der Waals surface area contributed by atoms with Crippen LogP contribution in [-0.4, -0.2) is 36.3 Å². The van der Waals surface area contributed by atoms with Gasteiger partial charge in [0.25, 0.3) is 5.91 Å². The second kappa shape index (κ2) is 6.31. The third-order valence-corrected chi connectivity index (χ3v) is 3.51. The van der Waals surface area contributed by atoms with Crippen LogP contribution in [0.15, 0.2) is 30.5 Å². The smallest absolute Gasteiger partial charge is 0.263 e. The Kier molecular flexibility index (Phi) is 4.48. The summed E-state index contributed by atoms with van der Waals surface area (Å²) in [6, 6.07) is 7.49. The molecule has 0 spiro atoms. The summed E-state index contributed by atoms with van der Waals surface area (Å²) in [4.78, 5) is 16.4. The van der Waals surface area contributed by atoms with Crippen LogP contribution >= 0.6 is 11.3 Å². The molecule has 19 heavy (non-hydrogen) atoms. The number of nitrogens with zero attached hydrogens (tertiary/aromatic N) is 1. The number of hydrogen-bond acceptors (Lipinski definition) is 5. The minimum Gasteiger partial charge on any atom is -0.497 e. The van der Waals surface area contributed by atoms with Crippen molar-refractivity contribution in [3.05, 3.63) is 35.3 Å². The summed E-state index contributed by atoms with van der Waals surface area (Å²) in [5.41, 5.74) is 0.937. The van der Waals surface area contributed by atoms with Crippen LogP contribution in [0, 0.1) is 0 Å². The van der Waals surface area contributed by atoms with Gasteiger partial charge in [-0.2, -0.15) is 0 Å².